The summed E-state index contributed by atoms with van der Waals surface area (Å²) in [5, 5.41) is 18.7. The standard InChI is InChI=1S/C20H32O5/c1-2-3-6-9-15(21)12-13-17-16(18-14-19(17)25-24-18)10-7-4-5-8-11-20(22)23/h4,7,12-13,15-19,21H,2-3,5-6,8-11,14H2,1H3,(H,22,23)/b7-4-,13-12+/t15?,16-,17-,18?,19?/m1/s1. The molecule has 2 bridgehead atoms. The molecule has 1 aliphatic carbocycles. The highest BCUT2D eigenvalue weighted by atomic mass is 17.2. The minimum Gasteiger partial charge on any atom is -0.481 e. The Labute approximate surface area is 150 Å². The second-order valence-corrected chi connectivity index (χ2v) is 7.19. The number of aliphatic hydroxyl groups is 1. The zero-order valence-corrected chi connectivity index (χ0v) is 15.2. The van der Waals surface area contributed by atoms with E-state index in [-0.39, 0.29) is 30.7 Å². The number of fused-ring (bicyclic) bond motifs is 2. The Kier molecular flexibility index (Phi) is 8.65. The summed E-state index contributed by atoms with van der Waals surface area (Å²) >= 11 is 0. The number of carbonyl (C=O) groups is 1. The molecule has 2 rings (SSSR count). The van der Waals surface area contributed by atoms with Gasteiger partial charge in [0.05, 0.1) is 12.2 Å². The summed E-state index contributed by atoms with van der Waals surface area (Å²) in [5.74, 6) is -0.0912. The summed E-state index contributed by atoms with van der Waals surface area (Å²) in [4.78, 5) is 21.3. The molecule has 1 saturated carbocycles. The van der Waals surface area contributed by atoms with Gasteiger partial charge in [-0.2, -0.15) is 0 Å². The van der Waals surface area contributed by atoms with Crippen molar-refractivity contribution in [3.05, 3.63) is 24.3 Å². The van der Waals surface area contributed by atoms with Crippen molar-refractivity contribution in [3.8, 4) is 0 Å². The lowest BCUT2D eigenvalue weighted by atomic mass is 9.89. The molecule has 5 atom stereocenters. The summed E-state index contributed by atoms with van der Waals surface area (Å²) in [7, 11) is 0. The van der Waals surface area contributed by atoms with Crippen LogP contribution in [0.3, 0.4) is 0 Å². The van der Waals surface area contributed by atoms with Gasteiger partial charge in [-0.3, -0.25) is 4.79 Å². The normalized spacial score (nSPS) is 29.8. The van der Waals surface area contributed by atoms with Crippen LogP contribution in [0.5, 0.6) is 0 Å². The quantitative estimate of drug-likeness (QED) is 0.315. The minimum atomic E-state index is -0.741. The Balaban J connectivity index is 1.78. The van der Waals surface area contributed by atoms with Crippen molar-refractivity contribution in [3.63, 3.8) is 0 Å². The molecule has 5 heteroatoms. The highest BCUT2D eigenvalue weighted by Crippen LogP contribution is 2.44. The van der Waals surface area contributed by atoms with Gasteiger partial charge in [-0.1, -0.05) is 50.5 Å². The van der Waals surface area contributed by atoms with E-state index in [1.54, 1.807) is 0 Å². The number of carboxylic acid groups (broad SMARTS) is 1. The fraction of sp³-hybridized carbons (Fsp3) is 0.750. The van der Waals surface area contributed by atoms with E-state index in [4.69, 9.17) is 14.9 Å². The van der Waals surface area contributed by atoms with Crippen LogP contribution in [0.1, 0.15) is 64.7 Å². The van der Waals surface area contributed by atoms with Crippen LogP contribution in [0.25, 0.3) is 0 Å². The molecule has 1 heterocycles. The lowest BCUT2D eigenvalue weighted by Crippen LogP contribution is -2.28. The van der Waals surface area contributed by atoms with Crippen LogP contribution in [0.15, 0.2) is 24.3 Å². The Bertz CT molecular complexity index is 459. The number of unbranched alkanes of at least 4 members (excludes halogenated alkanes) is 3. The number of hydrogen-bond donors (Lipinski definition) is 2. The van der Waals surface area contributed by atoms with Crippen molar-refractivity contribution in [2.45, 2.75) is 83.0 Å². The Morgan fingerprint density at radius 3 is 2.76 bits per heavy atom. The SMILES string of the molecule is CCCCCC(O)/C=C/[C@H]1C2CC(OO2)[C@@H]1C/C=C\CCCC(=O)O. The van der Waals surface area contributed by atoms with Gasteiger partial charge in [0.2, 0.25) is 0 Å². The van der Waals surface area contributed by atoms with Gasteiger partial charge < -0.3 is 10.2 Å². The molecule has 2 aliphatic rings. The van der Waals surface area contributed by atoms with Gasteiger partial charge in [0.25, 0.3) is 0 Å². The highest BCUT2D eigenvalue weighted by Gasteiger charge is 2.49. The molecule has 5 nitrogen and oxygen atoms in total. The van der Waals surface area contributed by atoms with Crippen molar-refractivity contribution in [2.75, 3.05) is 0 Å². The van der Waals surface area contributed by atoms with Crippen molar-refractivity contribution >= 4 is 5.97 Å². The number of hydrogen-bond acceptors (Lipinski definition) is 4. The van der Waals surface area contributed by atoms with Crippen molar-refractivity contribution in [2.24, 2.45) is 11.8 Å². The zero-order valence-electron chi connectivity index (χ0n) is 15.2. The summed E-state index contributed by atoms with van der Waals surface area (Å²) < 4.78 is 0. The van der Waals surface area contributed by atoms with Crippen LogP contribution in [-0.4, -0.2) is 34.5 Å². The molecule has 0 amide bonds. The number of rotatable bonds is 12. The maximum atomic E-state index is 10.5. The topological polar surface area (TPSA) is 76.0 Å². The molecule has 0 aromatic rings. The molecule has 0 spiro atoms. The molecule has 0 aromatic heterocycles. The predicted molar refractivity (Wildman–Crippen MR) is 95.9 cm³/mol. The van der Waals surface area contributed by atoms with E-state index in [0.29, 0.717) is 12.3 Å². The monoisotopic (exact) mass is 352 g/mol. The van der Waals surface area contributed by atoms with E-state index in [1.807, 2.05) is 6.08 Å². The Hall–Kier alpha value is -1.17. The average Bonchev–Trinajstić information content (AvgIpc) is 3.17. The molecule has 0 aromatic carbocycles. The van der Waals surface area contributed by atoms with Crippen molar-refractivity contribution in [1.82, 2.24) is 0 Å². The number of aliphatic carboxylic acids is 1. The first-order valence-corrected chi connectivity index (χ1v) is 9.67. The van der Waals surface area contributed by atoms with Crippen LogP contribution in [-0.2, 0) is 14.6 Å². The third-order valence-electron chi connectivity index (χ3n) is 5.16. The van der Waals surface area contributed by atoms with Crippen LogP contribution >= 0.6 is 0 Å². The molecular weight excluding hydrogens is 320 g/mol. The largest absolute Gasteiger partial charge is 0.481 e. The van der Waals surface area contributed by atoms with Crippen LogP contribution in [0.4, 0.5) is 0 Å². The van der Waals surface area contributed by atoms with E-state index in [2.05, 4.69) is 25.2 Å². The molecule has 2 N–H and O–H groups in total. The second kappa shape index (κ2) is 10.7. The Morgan fingerprint density at radius 2 is 2.00 bits per heavy atom. The maximum absolute atomic E-state index is 10.5. The molecule has 1 saturated heterocycles. The molecule has 1 aliphatic heterocycles. The van der Waals surface area contributed by atoms with Gasteiger partial charge in [-0.25, -0.2) is 9.78 Å². The lowest BCUT2D eigenvalue weighted by molar-refractivity contribution is -0.336. The first-order chi connectivity index (χ1) is 12.1. The summed E-state index contributed by atoms with van der Waals surface area (Å²) in [5.41, 5.74) is 0. The molecular formula is C20H32O5. The van der Waals surface area contributed by atoms with E-state index < -0.39 is 5.97 Å². The maximum Gasteiger partial charge on any atom is 0.303 e. The van der Waals surface area contributed by atoms with Crippen molar-refractivity contribution < 1.29 is 24.8 Å². The van der Waals surface area contributed by atoms with Gasteiger partial charge in [0.15, 0.2) is 0 Å². The second-order valence-electron chi connectivity index (χ2n) is 7.19. The molecule has 0 radical (unpaired) electrons. The first kappa shape index (κ1) is 20.1. The molecule has 2 fully saturated rings. The summed E-state index contributed by atoms with van der Waals surface area (Å²) in [6.07, 6.45) is 15.8. The predicted octanol–water partition coefficient (Wildman–Crippen LogP) is 4.02. The van der Waals surface area contributed by atoms with E-state index >= 15 is 0 Å². The molecule has 142 valence electrons. The Morgan fingerprint density at radius 1 is 1.20 bits per heavy atom. The fourth-order valence-electron chi connectivity index (χ4n) is 3.72. The third kappa shape index (κ3) is 6.57. The summed E-state index contributed by atoms with van der Waals surface area (Å²) in [6, 6.07) is 0. The average molecular weight is 352 g/mol. The van der Waals surface area contributed by atoms with Crippen LogP contribution in [0, 0.1) is 11.8 Å². The van der Waals surface area contributed by atoms with E-state index in [1.165, 1.54) is 0 Å². The number of aliphatic hydroxyl groups excluding tert-OH is 1. The smallest absolute Gasteiger partial charge is 0.303 e. The highest BCUT2D eigenvalue weighted by molar-refractivity contribution is 5.66. The van der Waals surface area contributed by atoms with Gasteiger partial charge in [-0.05, 0) is 25.7 Å². The van der Waals surface area contributed by atoms with Crippen molar-refractivity contribution in [1.29, 1.82) is 0 Å². The molecule has 3 unspecified atom stereocenters. The van der Waals surface area contributed by atoms with E-state index in [9.17, 15) is 9.90 Å². The van der Waals surface area contributed by atoms with Gasteiger partial charge >= 0.3 is 5.97 Å². The summed E-state index contributed by atoms with van der Waals surface area (Å²) in [6.45, 7) is 2.16. The van der Waals surface area contributed by atoms with Gasteiger partial charge in [-0.15, -0.1) is 0 Å². The lowest BCUT2D eigenvalue weighted by Gasteiger charge is -2.27. The third-order valence-corrected chi connectivity index (χ3v) is 5.16. The van der Waals surface area contributed by atoms with Crippen LogP contribution < -0.4 is 0 Å². The van der Waals surface area contributed by atoms with Gasteiger partial charge in [0, 0.05) is 24.7 Å². The minimum absolute atomic E-state index is 0.0921. The van der Waals surface area contributed by atoms with Gasteiger partial charge in [0.1, 0.15) is 6.10 Å². The van der Waals surface area contributed by atoms with Crippen LogP contribution in [0.2, 0.25) is 0 Å². The first-order valence-electron chi connectivity index (χ1n) is 9.67. The zero-order chi connectivity index (χ0) is 18.1. The molecule has 25 heavy (non-hydrogen) atoms. The fourth-order valence-corrected chi connectivity index (χ4v) is 3.72. The number of allylic oxidation sites excluding steroid dienone is 2. The number of carboxylic acids is 1. The van der Waals surface area contributed by atoms with E-state index in [0.717, 1.165) is 44.9 Å².